The number of benzene rings is 2. The van der Waals surface area contributed by atoms with Crippen LogP contribution >= 0.6 is 24.8 Å². The third-order valence-corrected chi connectivity index (χ3v) is 3.87. The summed E-state index contributed by atoms with van der Waals surface area (Å²) in [6.45, 7) is 2.69. The highest BCUT2D eigenvalue weighted by molar-refractivity contribution is 5.85. The molecule has 5 N–H and O–H groups in total. The van der Waals surface area contributed by atoms with E-state index in [0.29, 0.717) is 36.9 Å². The summed E-state index contributed by atoms with van der Waals surface area (Å²) in [5.41, 5.74) is 6.43. The van der Waals surface area contributed by atoms with Gasteiger partial charge in [0.05, 0.1) is 13.7 Å². The molecule has 1 atom stereocenters. The molecule has 1 aliphatic rings. The standard InChI is InChI=1S/C19H24N2O4.2ClH.H2O/c1-22-17-7-3-8-18-19(17)25-16(13-24-18)12-21-9-4-10-23-15-6-2-5-14(20)11-15;;;/h2-3,5-8,11,16,21H,4,9-10,12-13,20H2,1H3;2*1H;1H2. The van der Waals surface area contributed by atoms with Crippen molar-refractivity contribution < 1.29 is 24.4 Å². The van der Waals surface area contributed by atoms with Crippen LogP contribution in [-0.2, 0) is 0 Å². The Kier molecular flexibility index (Phi) is 12.2. The molecule has 0 saturated heterocycles. The van der Waals surface area contributed by atoms with E-state index < -0.39 is 0 Å². The predicted molar refractivity (Wildman–Crippen MR) is 115 cm³/mol. The van der Waals surface area contributed by atoms with Gasteiger partial charge in [0.15, 0.2) is 11.5 Å². The summed E-state index contributed by atoms with van der Waals surface area (Å²) in [7, 11) is 1.63. The van der Waals surface area contributed by atoms with E-state index in [1.54, 1.807) is 7.11 Å². The topological polar surface area (TPSA) is 106 Å². The van der Waals surface area contributed by atoms with Crippen molar-refractivity contribution in [3.05, 3.63) is 42.5 Å². The van der Waals surface area contributed by atoms with Gasteiger partial charge in [-0.1, -0.05) is 12.1 Å². The van der Waals surface area contributed by atoms with Gasteiger partial charge in [-0.2, -0.15) is 0 Å². The summed E-state index contributed by atoms with van der Waals surface area (Å²) in [5.74, 6) is 2.89. The van der Waals surface area contributed by atoms with E-state index in [0.717, 1.165) is 24.5 Å². The molecule has 0 aliphatic carbocycles. The van der Waals surface area contributed by atoms with Gasteiger partial charge in [0.2, 0.25) is 5.75 Å². The molecule has 0 radical (unpaired) electrons. The lowest BCUT2D eigenvalue weighted by molar-refractivity contribution is 0.0863. The minimum Gasteiger partial charge on any atom is -0.493 e. The lowest BCUT2D eigenvalue weighted by Gasteiger charge is -2.27. The summed E-state index contributed by atoms with van der Waals surface area (Å²) in [4.78, 5) is 0. The first kappa shape index (κ1) is 25.9. The molecule has 0 fully saturated rings. The minimum atomic E-state index is -0.0429. The van der Waals surface area contributed by atoms with Crippen LogP contribution in [0.3, 0.4) is 0 Å². The zero-order valence-electron chi connectivity index (χ0n) is 15.7. The van der Waals surface area contributed by atoms with E-state index in [1.165, 1.54) is 0 Å². The summed E-state index contributed by atoms with van der Waals surface area (Å²) in [5, 5.41) is 3.37. The van der Waals surface area contributed by atoms with Crippen LogP contribution in [0.5, 0.6) is 23.0 Å². The van der Waals surface area contributed by atoms with Crippen LogP contribution in [0, 0.1) is 0 Å². The van der Waals surface area contributed by atoms with Gasteiger partial charge < -0.3 is 35.5 Å². The largest absolute Gasteiger partial charge is 0.493 e. The van der Waals surface area contributed by atoms with Gasteiger partial charge >= 0.3 is 0 Å². The number of methoxy groups -OCH3 is 1. The van der Waals surface area contributed by atoms with Gasteiger partial charge in [-0.05, 0) is 37.2 Å². The van der Waals surface area contributed by atoms with Crippen molar-refractivity contribution >= 4 is 30.5 Å². The Morgan fingerprint density at radius 2 is 1.96 bits per heavy atom. The maximum absolute atomic E-state index is 5.99. The van der Waals surface area contributed by atoms with Gasteiger partial charge in [0.1, 0.15) is 18.5 Å². The van der Waals surface area contributed by atoms with E-state index in [4.69, 9.17) is 24.7 Å². The smallest absolute Gasteiger partial charge is 0.204 e. The zero-order valence-corrected chi connectivity index (χ0v) is 17.3. The van der Waals surface area contributed by atoms with Crippen LogP contribution in [0.2, 0.25) is 0 Å². The first-order valence-corrected chi connectivity index (χ1v) is 8.42. The van der Waals surface area contributed by atoms with Gasteiger partial charge in [-0.3, -0.25) is 0 Å². The number of ether oxygens (including phenoxy) is 4. The molecular weight excluding hydrogens is 407 g/mol. The summed E-state index contributed by atoms with van der Waals surface area (Å²) in [6, 6.07) is 13.1. The second kappa shape index (κ2) is 13.2. The molecule has 0 spiro atoms. The highest BCUT2D eigenvalue weighted by Crippen LogP contribution is 2.39. The van der Waals surface area contributed by atoms with Crippen LogP contribution in [0.1, 0.15) is 6.42 Å². The maximum atomic E-state index is 5.99. The number of rotatable bonds is 8. The number of hydrogen-bond acceptors (Lipinski definition) is 6. The number of anilines is 1. The van der Waals surface area contributed by atoms with Crippen molar-refractivity contribution in [2.45, 2.75) is 12.5 Å². The van der Waals surface area contributed by atoms with E-state index in [1.807, 2.05) is 42.5 Å². The molecule has 158 valence electrons. The molecule has 28 heavy (non-hydrogen) atoms. The molecule has 7 nitrogen and oxygen atoms in total. The number of para-hydroxylation sites is 1. The molecule has 0 aromatic heterocycles. The average Bonchev–Trinajstić information content (AvgIpc) is 2.64. The van der Waals surface area contributed by atoms with Gasteiger partial charge in [0.25, 0.3) is 0 Å². The normalized spacial score (nSPS) is 14.0. The van der Waals surface area contributed by atoms with E-state index >= 15 is 0 Å². The quantitative estimate of drug-likeness (QED) is 0.488. The minimum absolute atomic E-state index is 0. The highest BCUT2D eigenvalue weighted by atomic mass is 35.5. The lowest BCUT2D eigenvalue weighted by Crippen LogP contribution is -2.39. The Labute approximate surface area is 177 Å². The summed E-state index contributed by atoms with van der Waals surface area (Å²) >= 11 is 0. The van der Waals surface area contributed by atoms with Crippen molar-refractivity contribution in [2.24, 2.45) is 0 Å². The fourth-order valence-electron chi connectivity index (χ4n) is 2.62. The predicted octanol–water partition coefficient (Wildman–Crippen LogP) is 2.49. The molecule has 0 bridgehead atoms. The molecule has 1 unspecified atom stereocenters. The van der Waals surface area contributed by atoms with Crippen molar-refractivity contribution in [1.29, 1.82) is 0 Å². The van der Waals surface area contributed by atoms with E-state index in [-0.39, 0.29) is 36.4 Å². The molecule has 9 heteroatoms. The molecule has 0 saturated carbocycles. The van der Waals surface area contributed by atoms with E-state index in [9.17, 15) is 0 Å². The molecule has 3 rings (SSSR count). The molecule has 1 heterocycles. The fraction of sp³-hybridized carbons (Fsp3) is 0.368. The second-order valence-corrected chi connectivity index (χ2v) is 5.82. The van der Waals surface area contributed by atoms with Gasteiger partial charge in [-0.25, -0.2) is 0 Å². The van der Waals surface area contributed by atoms with Crippen LogP contribution in [0.25, 0.3) is 0 Å². The van der Waals surface area contributed by atoms with Crippen LogP contribution in [-0.4, -0.2) is 45.0 Å². The fourth-order valence-corrected chi connectivity index (χ4v) is 2.62. The Hall–Kier alpha value is -2.06. The van der Waals surface area contributed by atoms with Crippen LogP contribution < -0.4 is 30.0 Å². The molecule has 0 amide bonds. The number of halogens is 2. The Morgan fingerprint density at radius 1 is 1.18 bits per heavy atom. The van der Waals surface area contributed by atoms with Crippen molar-refractivity contribution in [3.63, 3.8) is 0 Å². The van der Waals surface area contributed by atoms with Crippen molar-refractivity contribution in [2.75, 3.05) is 39.1 Å². The highest BCUT2D eigenvalue weighted by Gasteiger charge is 2.23. The third-order valence-electron chi connectivity index (χ3n) is 3.87. The van der Waals surface area contributed by atoms with Crippen molar-refractivity contribution in [3.8, 4) is 23.0 Å². The molecule has 2 aromatic rings. The maximum Gasteiger partial charge on any atom is 0.204 e. The summed E-state index contributed by atoms with van der Waals surface area (Å²) < 4.78 is 22.7. The number of nitrogens with one attached hydrogen (secondary N) is 1. The molecule has 2 aromatic carbocycles. The number of fused-ring (bicyclic) bond motifs is 1. The third kappa shape index (κ3) is 7.16. The monoisotopic (exact) mass is 434 g/mol. The van der Waals surface area contributed by atoms with Crippen molar-refractivity contribution in [1.82, 2.24) is 5.32 Å². The van der Waals surface area contributed by atoms with Gasteiger partial charge in [0, 0.05) is 18.3 Å². The number of hydrogen-bond donors (Lipinski definition) is 2. The first-order valence-electron chi connectivity index (χ1n) is 8.42. The number of nitrogen functional groups attached to an aromatic ring is 1. The summed E-state index contributed by atoms with van der Waals surface area (Å²) in [6.07, 6.45) is 0.848. The SMILES string of the molecule is COc1cccc2c1OC(CNCCCOc1cccc(N)c1)CO2.Cl.Cl.O. The molecule has 1 aliphatic heterocycles. The van der Waals surface area contributed by atoms with E-state index in [2.05, 4.69) is 5.32 Å². The Balaban J connectivity index is 0.00000243. The van der Waals surface area contributed by atoms with Gasteiger partial charge in [-0.15, -0.1) is 24.8 Å². The first-order chi connectivity index (χ1) is 12.3. The second-order valence-electron chi connectivity index (χ2n) is 5.82. The number of nitrogens with two attached hydrogens (primary N) is 1. The Morgan fingerprint density at radius 3 is 2.71 bits per heavy atom. The Bertz CT molecular complexity index is 692. The molecular formula is C19H28Cl2N2O5. The lowest BCUT2D eigenvalue weighted by atomic mass is 10.2. The average molecular weight is 435 g/mol. The zero-order chi connectivity index (χ0) is 17.5. The van der Waals surface area contributed by atoms with Crippen LogP contribution in [0.15, 0.2) is 42.5 Å². The van der Waals surface area contributed by atoms with Crippen LogP contribution in [0.4, 0.5) is 5.69 Å².